The molecule has 0 aromatic heterocycles. The molecule has 0 spiro atoms. The molecule has 3 aliphatic heterocycles. The van der Waals surface area contributed by atoms with Gasteiger partial charge in [0.05, 0.1) is 42.8 Å². The Morgan fingerprint density at radius 2 is 1.56 bits per heavy atom. The van der Waals surface area contributed by atoms with Crippen LogP contribution in [0.4, 0.5) is 5.69 Å². The fourth-order valence-corrected chi connectivity index (χ4v) is 11.3. The zero-order valence-electron chi connectivity index (χ0n) is 14.8. The van der Waals surface area contributed by atoms with Crippen LogP contribution in [-0.2, 0) is 9.59 Å². The average Bonchev–Trinajstić information content (AvgIpc) is 3.09. The molecule has 5 heteroatoms. The van der Waals surface area contributed by atoms with Crippen molar-refractivity contribution in [2.45, 2.75) is 31.6 Å². The number of carbonyl (C=O) groups is 2. The van der Waals surface area contributed by atoms with Gasteiger partial charge in [0.25, 0.3) is 0 Å². The second kappa shape index (κ2) is 5.51. The molecular weight excluding hydrogens is 331 g/mol. The number of amides is 2. The van der Waals surface area contributed by atoms with Crippen LogP contribution in [0, 0.1) is 23.2 Å². The Morgan fingerprint density at radius 3 is 2.04 bits per heavy atom. The van der Waals surface area contributed by atoms with Crippen molar-refractivity contribution in [3.05, 3.63) is 41.5 Å². The molecule has 1 unspecified atom stereocenters. The highest BCUT2D eigenvalue weighted by Gasteiger charge is 2.75. The molecule has 2 fully saturated rings. The number of hydrogen-bond acceptors (Lipinski definition) is 3. The molecule has 1 aromatic rings. The number of fused-ring (bicyclic) bond motifs is 5. The zero-order chi connectivity index (χ0) is 17.9. The Kier molecular flexibility index (Phi) is 3.63. The predicted octanol–water partition coefficient (Wildman–Crippen LogP) is 3.45. The standard InChI is InChI=1S/C20H22N2O2P/c1-12-13(2)18-16-15(17(12)25(18,3)11-7-10-21)19(23)22(20(16)24)14-8-5-4-6-9-14/h4-6,8-9,15-18H,7,11H2,1-3H3/q+1/t15-,16+,17-,18+,25?. The first-order chi connectivity index (χ1) is 11.9. The largest absolute Gasteiger partial charge is 0.273 e. The lowest BCUT2D eigenvalue weighted by Crippen LogP contribution is -2.35. The summed E-state index contributed by atoms with van der Waals surface area (Å²) in [5.41, 5.74) is 3.65. The van der Waals surface area contributed by atoms with Gasteiger partial charge in [-0.05, 0) is 37.1 Å². The summed E-state index contributed by atoms with van der Waals surface area (Å²) < 4.78 is 0. The molecule has 4 nitrogen and oxygen atoms in total. The highest BCUT2D eigenvalue weighted by molar-refractivity contribution is 7.77. The first-order valence-corrected chi connectivity index (χ1v) is 11.3. The molecule has 25 heavy (non-hydrogen) atoms. The number of anilines is 1. The van der Waals surface area contributed by atoms with Crippen molar-refractivity contribution in [1.82, 2.24) is 0 Å². The molecular formula is C20H22N2O2P+. The third kappa shape index (κ3) is 1.96. The number of benzene rings is 1. The van der Waals surface area contributed by atoms with Crippen LogP contribution in [0.2, 0.25) is 0 Å². The lowest BCUT2D eigenvalue weighted by molar-refractivity contribution is -0.122. The molecule has 0 aliphatic carbocycles. The van der Waals surface area contributed by atoms with Crippen molar-refractivity contribution < 1.29 is 9.59 Å². The van der Waals surface area contributed by atoms with Crippen molar-refractivity contribution in [1.29, 1.82) is 5.26 Å². The summed E-state index contributed by atoms with van der Waals surface area (Å²) in [6.45, 7) is 6.54. The van der Waals surface area contributed by atoms with E-state index in [9.17, 15) is 9.59 Å². The summed E-state index contributed by atoms with van der Waals surface area (Å²) in [4.78, 5) is 27.9. The minimum atomic E-state index is -1.56. The molecule has 5 atom stereocenters. The lowest BCUT2D eigenvalue weighted by atomic mass is 9.78. The van der Waals surface area contributed by atoms with E-state index >= 15 is 0 Å². The van der Waals surface area contributed by atoms with E-state index in [0.29, 0.717) is 12.1 Å². The van der Waals surface area contributed by atoms with Crippen molar-refractivity contribution in [2.24, 2.45) is 11.8 Å². The van der Waals surface area contributed by atoms with E-state index in [4.69, 9.17) is 5.26 Å². The Balaban J connectivity index is 1.78. The summed E-state index contributed by atoms with van der Waals surface area (Å²) >= 11 is 0. The van der Waals surface area contributed by atoms with Crippen molar-refractivity contribution in [3.8, 4) is 6.07 Å². The highest BCUT2D eigenvalue weighted by Crippen LogP contribution is 2.82. The van der Waals surface area contributed by atoms with Crippen LogP contribution in [0.15, 0.2) is 41.5 Å². The maximum atomic E-state index is 13.2. The fourth-order valence-electron chi connectivity index (χ4n) is 5.57. The van der Waals surface area contributed by atoms with Gasteiger partial charge in [-0.2, -0.15) is 5.26 Å². The number of para-hydroxylation sites is 1. The van der Waals surface area contributed by atoms with Gasteiger partial charge in [0, 0.05) is 7.26 Å². The van der Waals surface area contributed by atoms with E-state index in [1.54, 1.807) is 0 Å². The Morgan fingerprint density at radius 1 is 1.04 bits per heavy atom. The molecule has 2 bridgehead atoms. The SMILES string of the molecule is CC1=C(C)[C@H]2[C@H]3C(=O)N(c4ccccc4)C(=O)[C@H]3[C@@H]1[P+]2(C)CCC#N. The zero-order valence-corrected chi connectivity index (χ0v) is 15.7. The fraction of sp³-hybridized carbons (Fsp3) is 0.450. The second-order valence-electron chi connectivity index (χ2n) is 7.63. The van der Waals surface area contributed by atoms with Gasteiger partial charge in [-0.15, -0.1) is 0 Å². The molecule has 2 saturated heterocycles. The first-order valence-electron chi connectivity index (χ1n) is 8.75. The third-order valence-corrected chi connectivity index (χ3v) is 11.7. The number of hydrogen-bond donors (Lipinski definition) is 0. The monoisotopic (exact) mass is 353 g/mol. The van der Waals surface area contributed by atoms with Crippen LogP contribution in [0.5, 0.6) is 0 Å². The van der Waals surface area contributed by atoms with Crippen molar-refractivity contribution in [3.63, 3.8) is 0 Å². The van der Waals surface area contributed by atoms with E-state index in [1.165, 1.54) is 16.0 Å². The van der Waals surface area contributed by atoms with E-state index < -0.39 is 7.26 Å². The van der Waals surface area contributed by atoms with Gasteiger partial charge in [0.2, 0.25) is 11.8 Å². The maximum Gasteiger partial charge on any atom is 0.242 e. The van der Waals surface area contributed by atoms with E-state index in [0.717, 1.165) is 6.16 Å². The van der Waals surface area contributed by atoms with Crippen molar-refractivity contribution in [2.75, 3.05) is 17.7 Å². The second-order valence-corrected chi connectivity index (χ2v) is 11.9. The number of nitrogens with zero attached hydrogens (tertiary/aromatic N) is 2. The van der Waals surface area contributed by atoms with E-state index in [2.05, 4.69) is 26.6 Å². The molecule has 128 valence electrons. The molecule has 3 aliphatic rings. The molecule has 3 heterocycles. The van der Waals surface area contributed by atoms with Gasteiger partial charge < -0.3 is 0 Å². The number of imide groups is 1. The summed E-state index contributed by atoms with van der Waals surface area (Å²) in [6, 6.07) is 11.5. The van der Waals surface area contributed by atoms with Crippen LogP contribution < -0.4 is 4.90 Å². The molecule has 2 amide bonds. The summed E-state index contributed by atoms with van der Waals surface area (Å²) in [5.74, 6) is -0.524. The first kappa shape index (κ1) is 16.5. The van der Waals surface area contributed by atoms with Crippen LogP contribution in [0.3, 0.4) is 0 Å². The minimum Gasteiger partial charge on any atom is -0.273 e. The topological polar surface area (TPSA) is 61.2 Å². The Bertz CT molecular complexity index is 801. The summed E-state index contributed by atoms with van der Waals surface area (Å²) in [7, 11) is -1.56. The number of carbonyl (C=O) groups excluding carboxylic acids is 2. The Hall–Kier alpha value is -1.98. The molecule has 0 saturated carbocycles. The summed E-state index contributed by atoms with van der Waals surface area (Å²) in [5, 5.41) is 9.08. The van der Waals surface area contributed by atoms with Gasteiger partial charge in [-0.1, -0.05) is 18.2 Å². The highest BCUT2D eigenvalue weighted by atomic mass is 31.2. The number of nitriles is 1. The van der Waals surface area contributed by atoms with Crippen LogP contribution in [0.1, 0.15) is 20.3 Å². The van der Waals surface area contributed by atoms with Gasteiger partial charge in [-0.25, -0.2) is 4.90 Å². The lowest BCUT2D eigenvalue weighted by Gasteiger charge is -2.27. The quantitative estimate of drug-likeness (QED) is 0.475. The van der Waals surface area contributed by atoms with Crippen LogP contribution >= 0.6 is 7.26 Å². The molecule has 0 N–H and O–H groups in total. The van der Waals surface area contributed by atoms with Gasteiger partial charge >= 0.3 is 0 Å². The van der Waals surface area contributed by atoms with Gasteiger partial charge in [0.1, 0.15) is 11.3 Å². The summed E-state index contributed by atoms with van der Waals surface area (Å²) in [6.07, 6.45) is 1.37. The maximum absolute atomic E-state index is 13.2. The smallest absolute Gasteiger partial charge is 0.242 e. The Labute approximate surface area is 148 Å². The van der Waals surface area contributed by atoms with Crippen molar-refractivity contribution >= 4 is 24.8 Å². The molecule has 0 radical (unpaired) electrons. The molecule has 4 rings (SSSR count). The van der Waals surface area contributed by atoms with E-state index in [1.807, 2.05) is 30.3 Å². The van der Waals surface area contributed by atoms with Gasteiger partial charge in [0.15, 0.2) is 0 Å². The normalized spacial score (nSPS) is 36.2. The van der Waals surface area contributed by atoms with Crippen LogP contribution in [0.25, 0.3) is 0 Å². The number of allylic oxidation sites excluding steroid dienone is 2. The third-order valence-electron chi connectivity index (χ3n) is 6.58. The number of rotatable bonds is 3. The van der Waals surface area contributed by atoms with Gasteiger partial charge in [-0.3, -0.25) is 9.59 Å². The average molecular weight is 353 g/mol. The minimum absolute atomic E-state index is 0.0382. The molecule has 1 aromatic carbocycles. The van der Waals surface area contributed by atoms with E-state index in [-0.39, 0.29) is 35.0 Å². The predicted molar refractivity (Wildman–Crippen MR) is 99.8 cm³/mol. The van der Waals surface area contributed by atoms with Crippen LogP contribution in [-0.4, -0.2) is 36.0 Å².